The number of amides is 1. The van der Waals surface area contributed by atoms with E-state index >= 15 is 0 Å². The minimum atomic E-state index is 0.207. The normalized spacial score (nSPS) is 28.2. The molecule has 1 amide bonds. The van der Waals surface area contributed by atoms with Gasteiger partial charge in [0.2, 0.25) is 5.91 Å². The van der Waals surface area contributed by atoms with Crippen molar-refractivity contribution in [2.75, 3.05) is 24.7 Å². The maximum atomic E-state index is 11.8. The average molecular weight is 299 g/mol. The van der Waals surface area contributed by atoms with Gasteiger partial charge in [0, 0.05) is 19.3 Å². The molecule has 3 nitrogen and oxygen atoms in total. The van der Waals surface area contributed by atoms with Gasteiger partial charge in [0.25, 0.3) is 0 Å². The molecule has 0 bridgehead atoms. The third-order valence-electron chi connectivity index (χ3n) is 4.54. The Labute approximate surface area is 127 Å². The molecule has 4 heteroatoms. The lowest BCUT2D eigenvalue weighted by Crippen LogP contribution is -2.39. The Morgan fingerprint density at radius 3 is 2.80 bits per heavy atom. The van der Waals surface area contributed by atoms with Crippen LogP contribution >= 0.6 is 11.8 Å². The molecule has 0 radical (unpaired) electrons. The van der Waals surface area contributed by atoms with E-state index in [1.165, 1.54) is 32.1 Å². The van der Waals surface area contributed by atoms with Crippen LogP contribution in [0.3, 0.4) is 0 Å². The SMILES string of the molecule is CC1CCCC(CCSCC(=O)NC2CCOCC2)C1. The molecule has 2 unspecified atom stereocenters. The van der Waals surface area contributed by atoms with Gasteiger partial charge >= 0.3 is 0 Å². The van der Waals surface area contributed by atoms with Gasteiger partial charge in [0.05, 0.1) is 5.75 Å². The number of carbonyl (C=O) groups is 1. The number of hydrogen-bond donors (Lipinski definition) is 1. The predicted octanol–water partition coefficient (Wildman–Crippen LogP) is 3.23. The van der Waals surface area contributed by atoms with Gasteiger partial charge < -0.3 is 10.1 Å². The van der Waals surface area contributed by atoms with Crippen LogP contribution in [0.1, 0.15) is 51.9 Å². The zero-order valence-corrected chi connectivity index (χ0v) is 13.6. The molecule has 1 aliphatic heterocycles. The van der Waals surface area contributed by atoms with Crippen molar-refractivity contribution < 1.29 is 9.53 Å². The molecule has 116 valence electrons. The first-order valence-corrected chi connectivity index (χ1v) is 9.34. The highest BCUT2D eigenvalue weighted by Gasteiger charge is 2.19. The Balaban J connectivity index is 1.50. The highest BCUT2D eigenvalue weighted by atomic mass is 32.2. The smallest absolute Gasteiger partial charge is 0.230 e. The van der Waals surface area contributed by atoms with Crippen LogP contribution in [0.4, 0.5) is 0 Å². The number of thioether (sulfide) groups is 1. The van der Waals surface area contributed by atoms with Crippen LogP contribution in [-0.4, -0.2) is 36.7 Å². The summed E-state index contributed by atoms with van der Waals surface area (Å²) in [5, 5.41) is 3.12. The van der Waals surface area contributed by atoms with Gasteiger partial charge in [-0.3, -0.25) is 4.79 Å². The first kappa shape index (κ1) is 16.2. The van der Waals surface area contributed by atoms with Gasteiger partial charge in [-0.05, 0) is 43.3 Å². The van der Waals surface area contributed by atoms with Crippen molar-refractivity contribution in [2.45, 2.75) is 57.9 Å². The van der Waals surface area contributed by atoms with Crippen molar-refractivity contribution in [1.82, 2.24) is 5.32 Å². The quantitative estimate of drug-likeness (QED) is 0.765. The lowest BCUT2D eigenvalue weighted by molar-refractivity contribution is -0.119. The summed E-state index contributed by atoms with van der Waals surface area (Å²) in [7, 11) is 0. The van der Waals surface area contributed by atoms with Crippen molar-refractivity contribution in [3.05, 3.63) is 0 Å². The first-order chi connectivity index (χ1) is 9.74. The van der Waals surface area contributed by atoms with E-state index in [9.17, 15) is 4.79 Å². The van der Waals surface area contributed by atoms with E-state index in [4.69, 9.17) is 4.74 Å². The van der Waals surface area contributed by atoms with E-state index in [1.807, 2.05) is 0 Å². The maximum Gasteiger partial charge on any atom is 0.230 e. The molecule has 0 aromatic carbocycles. The fourth-order valence-electron chi connectivity index (χ4n) is 3.35. The van der Waals surface area contributed by atoms with Crippen LogP contribution in [0.15, 0.2) is 0 Å². The molecular formula is C16H29NO2S. The fourth-order valence-corrected chi connectivity index (χ4v) is 4.26. The van der Waals surface area contributed by atoms with Gasteiger partial charge in [-0.2, -0.15) is 11.8 Å². The molecule has 2 atom stereocenters. The van der Waals surface area contributed by atoms with E-state index in [0.717, 1.165) is 43.6 Å². The standard InChI is InChI=1S/C16H29NO2S/c1-13-3-2-4-14(11-13)7-10-20-12-16(18)17-15-5-8-19-9-6-15/h13-15H,2-12H2,1H3,(H,17,18). The van der Waals surface area contributed by atoms with Gasteiger partial charge in [-0.1, -0.05) is 26.2 Å². The van der Waals surface area contributed by atoms with Gasteiger partial charge in [-0.15, -0.1) is 0 Å². The van der Waals surface area contributed by atoms with Crippen molar-refractivity contribution in [3.63, 3.8) is 0 Å². The Hall–Kier alpha value is -0.220. The average Bonchev–Trinajstić information content (AvgIpc) is 2.45. The van der Waals surface area contributed by atoms with Crippen LogP contribution in [0.25, 0.3) is 0 Å². The molecule has 2 aliphatic rings. The monoisotopic (exact) mass is 299 g/mol. The molecule has 1 saturated heterocycles. The van der Waals surface area contributed by atoms with Crippen molar-refractivity contribution in [1.29, 1.82) is 0 Å². The molecule has 1 heterocycles. The van der Waals surface area contributed by atoms with Crippen LogP contribution in [0, 0.1) is 11.8 Å². The van der Waals surface area contributed by atoms with E-state index in [1.54, 1.807) is 11.8 Å². The summed E-state index contributed by atoms with van der Waals surface area (Å²) in [6, 6.07) is 0.344. The number of rotatable bonds is 6. The van der Waals surface area contributed by atoms with E-state index in [-0.39, 0.29) is 5.91 Å². The van der Waals surface area contributed by atoms with Crippen LogP contribution < -0.4 is 5.32 Å². The van der Waals surface area contributed by atoms with Crippen molar-refractivity contribution in [2.24, 2.45) is 11.8 Å². The molecule has 1 aliphatic carbocycles. The number of ether oxygens (including phenoxy) is 1. The highest BCUT2D eigenvalue weighted by Crippen LogP contribution is 2.31. The molecule has 2 fully saturated rings. The molecule has 0 aromatic heterocycles. The van der Waals surface area contributed by atoms with Crippen molar-refractivity contribution in [3.8, 4) is 0 Å². The second-order valence-electron chi connectivity index (χ2n) is 6.43. The third-order valence-corrected chi connectivity index (χ3v) is 5.53. The number of hydrogen-bond acceptors (Lipinski definition) is 3. The van der Waals surface area contributed by atoms with Gasteiger partial charge in [0.15, 0.2) is 0 Å². The Morgan fingerprint density at radius 2 is 2.05 bits per heavy atom. The van der Waals surface area contributed by atoms with Crippen molar-refractivity contribution >= 4 is 17.7 Å². The second-order valence-corrected chi connectivity index (χ2v) is 7.54. The minimum Gasteiger partial charge on any atom is -0.381 e. The molecule has 2 rings (SSSR count). The first-order valence-electron chi connectivity index (χ1n) is 8.19. The topological polar surface area (TPSA) is 38.3 Å². The minimum absolute atomic E-state index is 0.207. The summed E-state index contributed by atoms with van der Waals surface area (Å²) >= 11 is 1.80. The lowest BCUT2D eigenvalue weighted by atomic mass is 9.81. The molecule has 1 saturated carbocycles. The van der Waals surface area contributed by atoms with Gasteiger partial charge in [-0.25, -0.2) is 0 Å². The largest absolute Gasteiger partial charge is 0.381 e. The molecular weight excluding hydrogens is 270 g/mol. The molecule has 20 heavy (non-hydrogen) atoms. The summed E-state index contributed by atoms with van der Waals surface area (Å²) < 4.78 is 5.30. The third kappa shape index (κ3) is 6.04. The number of nitrogens with one attached hydrogen (secondary N) is 1. The Kier molecular flexibility index (Phi) is 7.22. The van der Waals surface area contributed by atoms with Crippen LogP contribution in [0.2, 0.25) is 0 Å². The van der Waals surface area contributed by atoms with Gasteiger partial charge in [0.1, 0.15) is 0 Å². The second kappa shape index (κ2) is 8.93. The Bertz CT molecular complexity index is 292. The van der Waals surface area contributed by atoms with E-state index < -0.39 is 0 Å². The summed E-state index contributed by atoms with van der Waals surface area (Å²) in [5.41, 5.74) is 0. The number of carbonyl (C=O) groups excluding carboxylic acids is 1. The Morgan fingerprint density at radius 1 is 1.25 bits per heavy atom. The van der Waals surface area contributed by atoms with E-state index in [2.05, 4.69) is 12.2 Å². The molecule has 0 spiro atoms. The molecule has 0 aromatic rings. The van der Waals surface area contributed by atoms with Crippen LogP contribution in [0.5, 0.6) is 0 Å². The summed E-state index contributed by atoms with van der Waals surface area (Å²) in [6.45, 7) is 3.95. The summed E-state index contributed by atoms with van der Waals surface area (Å²) in [6.07, 6.45) is 8.85. The fraction of sp³-hybridized carbons (Fsp3) is 0.938. The van der Waals surface area contributed by atoms with E-state index in [0.29, 0.717) is 11.8 Å². The summed E-state index contributed by atoms with van der Waals surface area (Å²) in [4.78, 5) is 11.8. The summed E-state index contributed by atoms with van der Waals surface area (Å²) in [5.74, 6) is 3.79. The van der Waals surface area contributed by atoms with Crippen LogP contribution in [-0.2, 0) is 9.53 Å². The zero-order valence-electron chi connectivity index (χ0n) is 12.7. The molecule has 1 N–H and O–H groups in total. The maximum absolute atomic E-state index is 11.8. The lowest BCUT2D eigenvalue weighted by Gasteiger charge is -2.26. The zero-order chi connectivity index (χ0) is 14.2. The highest BCUT2D eigenvalue weighted by molar-refractivity contribution is 7.99. The predicted molar refractivity (Wildman–Crippen MR) is 85.0 cm³/mol.